The summed E-state index contributed by atoms with van der Waals surface area (Å²) in [4.78, 5) is 30.6. The van der Waals surface area contributed by atoms with Gasteiger partial charge in [-0.05, 0) is 54.0 Å². The van der Waals surface area contributed by atoms with Crippen LogP contribution in [-0.2, 0) is 9.59 Å². The highest BCUT2D eigenvalue weighted by Gasteiger charge is 2.42. The van der Waals surface area contributed by atoms with Crippen molar-refractivity contribution in [3.05, 3.63) is 40.9 Å². The number of amides is 2. The number of para-hydroxylation sites is 1. The SMILES string of the molecule is CC1(C)Oc2ccc(N)nc2N(CC(=O)Nc2ccccc2Br)C1=O. The molecule has 0 unspecified atom stereocenters. The van der Waals surface area contributed by atoms with Gasteiger partial charge in [0.2, 0.25) is 5.91 Å². The van der Waals surface area contributed by atoms with Crippen molar-refractivity contribution in [2.24, 2.45) is 0 Å². The van der Waals surface area contributed by atoms with Crippen molar-refractivity contribution in [3.63, 3.8) is 0 Å². The first-order chi connectivity index (χ1) is 11.8. The maximum atomic E-state index is 12.7. The third-order valence-electron chi connectivity index (χ3n) is 3.69. The van der Waals surface area contributed by atoms with E-state index in [0.717, 1.165) is 4.47 Å². The molecule has 2 heterocycles. The number of nitrogen functional groups attached to an aromatic ring is 1. The molecule has 7 nitrogen and oxygen atoms in total. The summed E-state index contributed by atoms with van der Waals surface area (Å²) >= 11 is 3.37. The molecule has 25 heavy (non-hydrogen) atoms. The van der Waals surface area contributed by atoms with Gasteiger partial charge in [-0.2, -0.15) is 0 Å². The van der Waals surface area contributed by atoms with Crippen molar-refractivity contribution in [3.8, 4) is 5.75 Å². The van der Waals surface area contributed by atoms with E-state index in [2.05, 4.69) is 26.2 Å². The van der Waals surface area contributed by atoms with Gasteiger partial charge in [-0.15, -0.1) is 0 Å². The van der Waals surface area contributed by atoms with Crippen LogP contribution < -0.4 is 20.7 Å². The van der Waals surface area contributed by atoms with E-state index < -0.39 is 5.60 Å². The van der Waals surface area contributed by atoms with Crippen LogP contribution in [0.5, 0.6) is 5.75 Å². The summed E-state index contributed by atoms with van der Waals surface area (Å²) in [6, 6.07) is 10.5. The van der Waals surface area contributed by atoms with Crippen molar-refractivity contribution in [1.29, 1.82) is 0 Å². The number of nitrogens with zero attached hydrogens (tertiary/aromatic N) is 2. The highest BCUT2D eigenvalue weighted by Crippen LogP contribution is 2.36. The Balaban J connectivity index is 1.88. The number of rotatable bonds is 3. The first-order valence-electron chi connectivity index (χ1n) is 7.60. The number of fused-ring (bicyclic) bond motifs is 1. The zero-order chi connectivity index (χ0) is 18.2. The number of aromatic nitrogens is 1. The molecule has 1 aromatic carbocycles. The number of hydrogen-bond acceptors (Lipinski definition) is 5. The Morgan fingerprint density at radius 2 is 2.04 bits per heavy atom. The molecule has 0 saturated heterocycles. The largest absolute Gasteiger partial charge is 0.474 e. The van der Waals surface area contributed by atoms with Crippen LogP contribution in [0.2, 0.25) is 0 Å². The van der Waals surface area contributed by atoms with E-state index in [-0.39, 0.29) is 30.0 Å². The maximum Gasteiger partial charge on any atom is 0.272 e. The number of nitrogens with two attached hydrogens (primary N) is 1. The number of carbonyl (C=O) groups is 2. The molecular weight excluding hydrogens is 388 g/mol. The van der Waals surface area contributed by atoms with Gasteiger partial charge in [-0.25, -0.2) is 4.98 Å². The molecule has 1 aliphatic heterocycles. The van der Waals surface area contributed by atoms with E-state index in [1.165, 1.54) is 4.90 Å². The van der Waals surface area contributed by atoms with Gasteiger partial charge in [-0.3, -0.25) is 14.5 Å². The summed E-state index contributed by atoms with van der Waals surface area (Å²) in [5.74, 6) is 0.179. The molecule has 3 rings (SSSR count). The molecule has 1 aromatic heterocycles. The fraction of sp³-hybridized carbons (Fsp3) is 0.235. The van der Waals surface area contributed by atoms with Crippen LogP contribution in [0, 0.1) is 0 Å². The Hall–Kier alpha value is -2.61. The van der Waals surface area contributed by atoms with Crippen LogP contribution in [0.25, 0.3) is 0 Å². The second kappa shape index (κ2) is 6.36. The average molecular weight is 405 g/mol. The summed E-state index contributed by atoms with van der Waals surface area (Å²) in [6.07, 6.45) is 0. The topological polar surface area (TPSA) is 97.6 Å². The molecule has 0 saturated carbocycles. The minimum absolute atomic E-state index is 0.198. The van der Waals surface area contributed by atoms with Crippen molar-refractivity contribution in [2.45, 2.75) is 19.4 Å². The first-order valence-corrected chi connectivity index (χ1v) is 8.39. The molecule has 0 spiro atoms. The van der Waals surface area contributed by atoms with Crippen molar-refractivity contribution in [1.82, 2.24) is 4.98 Å². The summed E-state index contributed by atoms with van der Waals surface area (Å²) in [5, 5.41) is 2.77. The zero-order valence-electron chi connectivity index (χ0n) is 13.7. The van der Waals surface area contributed by atoms with Crippen LogP contribution in [0.15, 0.2) is 40.9 Å². The highest BCUT2D eigenvalue weighted by molar-refractivity contribution is 9.10. The Labute approximate surface area is 153 Å². The lowest BCUT2D eigenvalue weighted by Crippen LogP contribution is -2.54. The lowest BCUT2D eigenvalue weighted by Gasteiger charge is -2.37. The van der Waals surface area contributed by atoms with Gasteiger partial charge in [0.15, 0.2) is 17.2 Å². The molecule has 3 N–H and O–H groups in total. The monoisotopic (exact) mass is 404 g/mol. The fourth-order valence-corrected chi connectivity index (χ4v) is 2.89. The predicted octanol–water partition coefficient (Wildman–Crippen LogP) is 2.57. The summed E-state index contributed by atoms with van der Waals surface area (Å²) in [6.45, 7) is 3.09. The molecule has 2 amide bonds. The van der Waals surface area contributed by atoms with Gasteiger partial charge in [0, 0.05) is 4.47 Å². The van der Waals surface area contributed by atoms with E-state index >= 15 is 0 Å². The van der Waals surface area contributed by atoms with E-state index in [9.17, 15) is 9.59 Å². The molecule has 2 aromatic rings. The average Bonchev–Trinajstić information content (AvgIpc) is 2.55. The Morgan fingerprint density at radius 1 is 1.32 bits per heavy atom. The quantitative estimate of drug-likeness (QED) is 0.818. The third kappa shape index (κ3) is 3.43. The minimum atomic E-state index is -1.10. The number of anilines is 3. The van der Waals surface area contributed by atoms with Crippen LogP contribution in [-0.4, -0.2) is 28.9 Å². The molecule has 130 valence electrons. The van der Waals surface area contributed by atoms with Crippen LogP contribution in [0.1, 0.15) is 13.8 Å². The normalized spacial score (nSPS) is 15.3. The third-order valence-corrected chi connectivity index (χ3v) is 4.38. The minimum Gasteiger partial charge on any atom is -0.474 e. The smallest absolute Gasteiger partial charge is 0.272 e. The lowest BCUT2D eigenvalue weighted by atomic mass is 10.1. The second-order valence-corrected chi connectivity index (χ2v) is 6.94. The standard InChI is InChI=1S/C17H17BrN4O3/c1-17(2)16(24)22(15-12(25-17)7-8-13(19)21-15)9-14(23)20-11-6-4-3-5-10(11)18/h3-8H,9H2,1-2H3,(H2,19,21)(H,20,23). The summed E-state index contributed by atoms with van der Waals surface area (Å²) < 4.78 is 6.44. The number of halogens is 1. The number of nitrogens with one attached hydrogen (secondary N) is 1. The summed E-state index contributed by atoms with van der Waals surface area (Å²) in [5.41, 5.74) is 5.24. The highest BCUT2D eigenvalue weighted by atomic mass is 79.9. The van der Waals surface area contributed by atoms with Crippen molar-refractivity contribution >= 4 is 45.1 Å². The van der Waals surface area contributed by atoms with Gasteiger partial charge < -0.3 is 15.8 Å². The first kappa shape index (κ1) is 17.2. The number of hydrogen-bond donors (Lipinski definition) is 2. The van der Waals surface area contributed by atoms with Gasteiger partial charge in [0.25, 0.3) is 5.91 Å². The van der Waals surface area contributed by atoms with E-state index in [1.807, 2.05) is 12.1 Å². The zero-order valence-corrected chi connectivity index (χ0v) is 15.3. The molecule has 1 aliphatic rings. The molecule has 0 bridgehead atoms. The van der Waals surface area contributed by atoms with Gasteiger partial charge in [0.05, 0.1) is 5.69 Å². The van der Waals surface area contributed by atoms with Gasteiger partial charge >= 0.3 is 0 Å². The van der Waals surface area contributed by atoms with Crippen molar-refractivity contribution < 1.29 is 14.3 Å². The Kier molecular flexibility index (Phi) is 4.38. The van der Waals surface area contributed by atoms with E-state index in [1.54, 1.807) is 38.1 Å². The van der Waals surface area contributed by atoms with Crippen LogP contribution in [0.4, 0.5) is 17.3 Å². The second-order valence-electron chi connectivity index (χ2n) is 6.09. The van der Waals surface area contributed by atoms with Gasteiger partial charge in [0.1, 0.15) is 12.4 Å². The fourth-order valence-electron chi connectivity index (χ4n) is 2.51. The predicted molar refractivity (Wildman–Crippen MR) is 98.5 cm³/mol. The molecule has 8 heteroatoms. The Morgan fingerprint density at radius 3 is 2.76 bits per heavy atom. The summed E-state index contributed by atoms with van der Waals surface area (Å²) in [7, 11) is 0. The lowest BCUT2D eigenvalue weighted by molar-refractivity contribution is -0.133. The Bertz CT molecular complexity index is 854. The molecular formula is C17H17BrN4O3. The maximum absolute atomic E-state index is 12.7. The van der Waals surface area contributed by atoms with Crippen molar-refractivity contribution in [2.75, 3.05) is 22.5 Å². The van der Waals surface area contributed by atoms with E-state index in [4.69, 9.17) is 10.5 Å². The number of benzene rings is 1. The van der Waals surface area contributed by atoms with E-state index in [0.29, 0.717) is 11.4 Å². The molecule has 0 radical (unpaired) electrons. The van der Waals surface area contributed by atoms with Crippen LogP contribution in [0.3, 0.4) is 0 Å². The molecule has 0 aliphatic carbocycles. The van der Waals surface area contributed by atoms with Gasteiger partial charge in [-0.1, -0.05) is 12.1 Å². The number of carbonyl (C=O) groups excluding carboxylic acids is 2. The van der Waals surface area contributed by atoms with Crippen LogP contribution >= 0.6 is 15.9 Å². The number of ether oxygens (including phenoxy) is 1. The molecule has 0 atom stereocenters. The number of pyridine rings is 1. The molecule has 0 fully saturated rings.